The van der Waals surface area contributed by atoms with Gasteiger partial charge >= 0.3 is 6.03 Å². The number of rotatable bonds is 4. The monoisotopic (exact) mass is 419 g/mol. The summed E-state index contributed by atoms with van der Waals surface area (Å²) in [6.07, 6.45) is 5.14. The first-order valence-corrected chi connectivity index (χ1v) is 11.9. The number of fused-ring (bicyclic) bond motifs is 1. The predicted molar refractivity (Wildman–Crippen MR) is 107 cm³/mol. The molecule has 0 bridgehead atoms. The smallest absolute Gasteiger partial charge is 0.326 e. The summed E-state index contributed by atoms with van der Waals surface area (Å²) in [6, 6.07) is 5.73. The van der Waals surface area contributed by atoms with Crippen LogP contribution in [0.3, 0.4) is 0 Å². The van der Waals surface area contributed by atoms with E-state index in [9.17, 15) is 22.8 Å². The van der Waals surface area contributed by atoms with Gasteiger partial charge in [-0.15, -0.1) is 0 Å². The van der Waals surface area contributed by atoms with E-state index in [-0.39, 0.29) is 36.4 Å². The van der Waals surface area contributed by atoms with Gasteiger partial charge in [0.05, 0.1) is 18.1 Å². The third-order valence-electron chi connectivity index (χ3n) is 5.97. The average molecular weight is 420 g/mol. The number of hydrogen-bond donors (Lipinski definition) is 1. The van der Waals surface area contributed by atoms with E-state index < -0.39 is 27.8 Å². The predicted octanol–water partition coefficient (Wildman–Crippen LogP) is 1.77. The van der Waals surface area contributed by atoms with Gasteiger partial charge < -0.3 is 10.2 Å². The highest BCUT2D eigenvalue weighted by Gasteiger charge is 2.49. The van der Waals surface area contributed by atoms with Gasteiger partial charge in [0.2, 0.25) is 5.91 Å². The molecule has 0 radical (unpaired) electrons. The first-order chi connectivity index (χ1) is 13.8. The van der Waals surface area contributed by atoms with Crippen LogP contribution >= 0.6 is 0 Å². The minimum atomic E-state index is -3.31. The Hall–Kier alpha value is -2.42. The van der Waals surface area contributed by atoms with Gasteiger partial charge in [-0.25, -0.2) is 13.2 Å². The Balaban J connectivity index is 1.44. The van der Waals surface area contributed by atoms with Crippen molar-refractivity contribution < 1.29 is 22.8 Å². The normalized spacial score (nSPS) is 24.5. The largest absolute Gasteiger partial charge is 0.327 e. The Labute approximate surface area is 170 Å². The van der Waals surface area contributed by atoms with Crippen LogP contribution in [0, 0.1) is 5.92 Å². The van der Waals surface area contributed by atoms with E-state index in [4.69, 9.17) is 0 Å². The van der Waals surface area contributed by atoms with Crippen LogP contribution in [0.2, 0.25) is 0 Å². The number of carbonyl (C=O) groups excluding carboxylic acids is 3. The van der Waals surface area contributed by atoms with Crippen molar-refractivity contribution in [2.75, 3.05) is 23.4 Å². The van der Waals surface area contributed by atoms with Crippen molar-refractivity contribution in [2.24, 2.45) is 5.92 Å². The molecule has 4 amide bonds. The van der Waals surface area contributed by atoms with Crippen LogP contribution in [0.4, 0.5) is 10.5 Å². The fourth-order valence-corrected chi connectivity index (χ4v) is 5.80. The number of anilines is 1. The maximum absolute atomic E-state index is 12.6. The summed E-state index contributed by atoms with van der Waals surface area (Å²) in [5.74, 6) is -0.857. The number of nitrogens with one attached hydrogen (secondary N) is 1. The molecule has 2 heterocycles. The second-order valence-corrected chi connectivity index (χ2v) is 10.3. The van der Waals surface area contributed by atoms with E-state index in [0.717, 1.165) is 30.6 Å². The molecule has 0 spiro atoms. The standard InChI is InChI=1S/C20H25N3O5S/c24-18(15-6-2-1-3-7-15)21-16-8-4-5-14(11-16)12-23-19(25)17-13-29(27,28)10-9-22(17)20(23)26/h4-5,8,11,15,17H,1-3,6-7,9-10,12-13H2,(H,21,24)/t17-/m1/s1. The quantitative estimate of drug-likeness (QED) is 0.749. The van der Waals surface area contributed by atoms with Gasteiger partial charge in [-0.2, -0.15) is 0 Å². The van der Waals surface area contributed by atoms with Crippen molar-refractivity contribution in [1.29, 1.82) is 0 Å². The average Bonchev–Trinajstić information content (AvgIpc) is 2.92. The molecule has 1 saturated carbocycles. The summed E-state index contributed by atoms with van der Waals surface area (Å²) >= 11 is 0. The fourth-order valence-electron chi connectivity index (χ4n) is 4.35. The van der Waals surface area contributed by atoms with Gasteiger partial charge in [0.15, 0.2) is 9.84 Å². The topological polar surface area (TPSA) is 104 Å². The van der Waals surface area contributed by atoms with Gasteiger partial charge in [-0.05, 0) is 30.5 Å². The number of hydrogen-bond acceptors (Lipinski definition) is 5. The Morgan fingerprint density at radius 3 is 2.66 bits per heavy atom. The maximum atomic E-state index is 12.6. The molecule has 0 unspecified atom stereocenters. The van der Waals surface area contributed by atoms with Gasteiger partial charge in [-0.3, -0.25) is 14.5 Å². The number of carbonyl (C=O) groups is 3. The van der Waals surface area contributed by atoms with Crippen LogP contribution in [0.25, 0.3) is 0 Å². The minimum Gasteiger partial charge on any atom is -0.326 e. The number of benzene rings is 1. The van der Waals surface area contributed by atoms with E-state index in [1.54, 1.807) is 24.3 Å². The molecular formula is C20H25N3O5S. The third kappa shape index (κ3) is 4.14. The van der Waals surface area contributed by atoms with Crippen LogP contribution in [0.1, 0.15) is 37.7 Å². The van der Waals surface area contributed by atoms with Crippen molar-refractivity contribution in [3.63, 3.8) is 0 Å². The molecule has 9 heteroatoms. The molecule has 1 aromatic carbocycles. The van der Waals surface area contributed by atoms with Gasteiger partial charge in [0, 0.05) is 18.2 Å². The highest BCUT2D eigenvalue weighted by molar-refractivity contribution is 7.91. The van der Waals surface area contributed by atoms with Gasteiger partial charge in [0.25, 0.3) is 5.91 Å². The number of imide groups is 1. The zero-order valence-corrected chi connectivity index (χ0v) is 17.0. The van der Waals surface area contributed by atoms with Crippen molar-refractivity contribution in [3.8, 4) is 0 Å². The summed E-state index contributed by atoms with van der Waals surface area (Å²) < 4.78 is 23.7. The Bertz CT molecular complexity index is 939. The van der Waals surface area contributed by atoms with E-state index in [0.29, 0.717) is 11.3 Å². The first kappa shape index (κ1) is 19.9. The van der Waals surface area contributed by atoms with Crippen molar-refractivity contribution in [2.45, 2.75) is 44.7 Å². The number of nitrogens with zero attached hydrogens (tertiary/aromatic N) is 2. The molecule has 8 nitrogen and oxygen atoms in total. The molecule has 4 rings (SSSR count). The molecule has 29 heavy (non-hydrogen) atoms. The van der Waals surface area contributed by atoms with Crippen LogP contribution in [0.5, 0.6) is 0 Å². The fraction of sp³-hybridized carbons (Fsp3) is 0.550. The molecule has 3 aliphatic rings. The van der Waals surface area contributed by atoms with Crippen LogP contribution < -0.4 is 5.32 Å². The molecule has 0 aromatic heterocycles. The summed E-state index contributed by atoms with van der Waals surface area (Å²) in [5, 5.41) is 2.94. The lowest BCUT2D eigenvalue weighted by molar-refractivity contribution is -0.128. The SMILES string of the molecule is O=C(Nc1cccc(CN2C(=O)[C@H]3CS(=O)(=O)CCN3C2=O)c1)C1CCCCC1. The zero-order valence-electron chi connectivity index (χ0n) is 16.2. The molecule has 3 fully saturated rings. The van der Waals surface area contributed by atoms with Crippen LogP contribution in [-0.2, 0) is 26.0 Å². The number of sulfone groups is 1. The Kier molecular flexibility index (Phi) is 5.33. The van der Waals surface area contributed by atoms with E-state index in [1.807, 2.05) is 0 Å². The summed E-state index contributed by atoms with van der Waals surface area (Å²) in [6.45, 7) is 0.101. The van der Waals surface area contributed by atoms with Gasteiger partial charge in [-0.1, -0.05) is 31.4 Å². The minimum absolute atomic E-state index is 0.0116. The number of amides is 4. The van der Waals surface area contributed by atoms with Gasteiger partial charge in [0.1, 0.15) is 6.04 Å². The summed E-state index contributed by atoms with van der Waals surface area (Å²) in [7, 11) is -3.31. The van der Waals surface area contributed by atoms with Crippen molar-refractivity contribution in [1.82, 2.24) is 9.80 Å². The van der Waals surface area contributed by atoms with Crippen molar-refractivity contribution >= 4 is 33.4 Å². The first-order valence-electron chi connectivity index (χ1n) is 10.1. The summed E-state index contributed by atoms with van der Waals surface area (Å²) in [4.78, 5) is 40.2. The summed E-state index contributed by atoms with van der Waals surface area (Å²) in [5.41, 5.74) is 1.34. The molecular weight excluding hydrogens is 394 g/mol. The van der Waals surface area contributed by atoms with E-state index in [1.165, 1.54) is 11.3 Å². The maximum Gasteiger partial charge on any atom is 0.327 e. The number of urea groups is 1. The molecule has 1 N–H and O–H groups in total. The molecule has 156 valence electrons. The Morgan fingerprint density at radius 1 is 1.14 bits per heavy atom. The lowest BCUT2D eigenvalue weighted by Crippen LogP contribution is -2.48. The second-order valence-electron chi connectivity index (χ2n) is 8.06. The van der Waals surface area contributed by atoms with E-state index in [2.05, 4.69) is 5.32 Å². The molecule has 2 aliphatic heterocycles. The third-order valence-corrected chi connectivity index (χ3v) is 7.60. The lowest BCUT2D eigenvalue weighted by Gasteiger charge is -2.26. The van der Waals surface area contributed by atoms with Crippen molar-refractivity contribution in [3.05, 3.63) is 29.8 Å². The molecule has 1 atom stereocenters. The molecule has 1 aliphatic carbocycles. The molecule has 2 saturated heterocycles. The highest BCUT2D eigenvalue weighted by Crippen LogP contribution is 2.27. The lowest BCUT2D eigenvalue weighted by atomic mass is 9.88. The Morgan fingerprint density at radius 2 is 1.90 bits per heavy atom. The van der Waals surface area contributed by atoms with Crippen LogP contribution in [-0.4, -0.2) is 60.2 Å². The zero-order chi connectivity index (χ0) is 20.6. The van der Waals surface area contributed by atoms with E-state index >= 15 is 0 Å². The second kappa shape index (κ2) is 7.78. The van der Waals surface area contributed by atoms with Crippen LogP contribution in [0.15, 0.2) is 24.3 Å². The molecule has 1 aromatic rings. The highest BCUT2D eigenvalue weighted by atomic mass is 32.2.